The van der Waals surface area contributed by atoms with Crippen LogP contribution in [0.15, 0.2) is 23.7 Å². The topological polar surface area (TPSA) is 0 Å². The molecule has 54 valence electrons. The van der Waals surface area contributed by atoms with Gasteiger partial charge in [-0.1, -0.05) is 39.8 Å². The molecule has 0 bridgehead atoms. The Morgan fingerprint density at radius 1 is 0.778 bits per heavy atom. The van der Waals surface area contributed by atoms with E-state index in [0.29, 0.717) is 0 Å². The lowest BCUT2D eigenvalue weighted by Crippen LogP contribution is -1.16. The van der Waals surface area contributed by atoms with Gasteiger partial charge in [0.1, 0.15) is 0 Å². The molecule has 1 rings (SSSR count). The van der Waals surface area contributed by atoms with Gasteiger partial charge in [-0.3, -0.25) is 0 Å². The number of rotatable bonds is 0. The highest BCUT2D eigenvalue weighted by molar-refractivity contribution is 7.28. The van der Waals surface area contributed by atoms with Crippen LogP contribution in [0.3, 0.4) is 0 Å². The quantitative estimate of drug-likeness (QED) is 0.520. The fourth-order valence-corrected chi connectivity index (χ4v) is 0.833. The number of hydrogen-bond donors (Lipinski definition) is 0. The van der Waals surface area contributed by atoms with E-state index in [-0.39, 0.29) is 0 Å². The summed E-state index contributed by atoms with van der Waals surface area (Å²) in [6.07, 6.45) is 0. The first-order chi connectivity index (χ1) is 4.50. The SMILES string of the molecule is CC.CC.c1cc[pH]c1. The molecule has 9 heavy (non-hydrogen) atoms. The van der Waals surface area contributed by atoms with Crippen molar-refractivity contribution in [2.75, 3.05) is 0 Å². The zero-order chi connectivity index (χ0) is 7.54. The smallest absolute Gasteiger partial charge is 0.0454 e. The molecule has 0 spiro atoms. The van der Waals surface area contributed by atoms with Gasteiger partial charge in [0.05, 0.1) is 0 Å². The second-order valence-electron chi connectivity index (χ2n) is 0.885. The van der Waals surface area contributed by atoms with E-state index in [9.17, 15) is 0 Å². The molecule has 0 aliphatic carbocycles. The van der Waals surface area contributed by atoms with Gasteiger partial charge in [0.15, 0.2) is 0 Å². The van der Waals surface area contributed by atoms with Crippen LogP contribution in [-0.2, 0) is 0 Å². The van der Waals surface area contributed by atoms with Crippen molar-refractivity contribution in [3.8, 4) is 0 Å². The van der Waals surface area contributed by atoms with Crippen LogP contribution in [0, 0.1) is 0 Å². The first kappa shape index (κ1) is 11.6. The first-order valence-corrected chi connectivity index (χ1v) is 4.73. The average molecular weight is 144 g/mol. The summed E-state index contributed by atoms with van der Waals surface area (Å²) < 4.78 is 0. The summed E-state index contributed by atoms with van der Waals surface area (Å²) in [5.41, 5.74) is 0. The molecule has 0 saturated heterocycles. The molecule has 0 fully saturated rings. The van der Waals surface area contributed by atoms with E-state index in [1.807, 2.05) is 27.7 Å². The molecule has 0 aromatic carbocycles. The minimum Gasteiger partial charge on any atom is -0.140 e. The second-order valence-corrected chi connectivity index (χ2v) is 1.88. The van der Waals surface area contributed by atoms with E-state index >= 15 is 0 Å². The van der Waals surface area contributed by atoms with Crippen molar-refractivity contribution in [3.05, 3.63) is 23.7 Å². The van der Waals surface area contributed by atoms with E-state index in [4.69, 9.17) is 0 Å². The van der Waals surface area contributed by atoms with E-state index in [0.717, 1.165) is 8.19 Å². The summed E-state index contributed by atoms with van der Waals surface area (Å²) in [4.78, 5) is 0. The maximum absolute atomic E-state index is 2.15. The molecule has 1 aromatic heterocycles. The fraction of sp³-hybridized carbons (Fsp3) is 0.500. The summed E-state index contributed by atoms with van der Waals surface area (Å²) in [6.45, 7) is 8.00. The third kappa shape index (κ3) is 11.4. The lowest BCUT2D eigenvalue weighted by Gasteiger charge is -1.41. The molecule has 0 aliphatic rings. The molecule has 0 saturated carbocycles. The monoisotopic (exact) mass is 144 g/mol. The van der Waals surface area contributed by atoms with E-state index in [1.165, 1.54) is 0 Å². The van der Waals surface area contributed by atoms with Crippen molar-refractivity contribution in [2.45, 2.75) is 27.7 Å². The standard InChI is InChI=1S/C4H5P.2C2H6/c1-2-4-5-3-1;2*1-2/h1-5H;2*1-2H3. The second kappa shape index (κ2) is 15.7. The van der Waals surface area contributed by atoms with Gasteiger partial charge in [-0.2, -0.15) is 0 Å². The van der Waals surface area contributed by atoms with Crippen molar-refractivity contribution in [3.63, 3.8) is 0 Å². The van der Waals surface area contributed by atoms with E-state index in [1.54, 1.807) is 0 Å². The summed E-state index contributed by atoms with van der Waals surface area (Å²) in [6, 6.07) is 4.14. The van der Waals surface area contributed by atoms with Crippen molar-refractivity contribution in [1.29, 1.82) is 0 Å². The minimum absolute atomic E-state index is 0.948. The highest BCUT2D eigenvalue weighted by Crippen LogP contribution is 1.99. The molecule has 0 N–H and O–H groups in total. The largest absolute Gasteiger partial charge is 0.140 e. The zero-order valence-electron chi connectivity index (χ0n) is 6.81. The Kier molecular flexibility index (Phi) is 20.1. The zero-order valence-corrected chi connectivity index (χ0v) is 7.81. The maximum atomic E-state index is 2.15. The lowest BCUT2D eigenvalue weighted by molar-refractivity contribution is 1.50. The van der Waals surface area contributed by atoms with E-state index < -0.39 is 0 Å². The van der Waals surface area contributed by atoms with Crippen LogP contribution < -0.4 is 0 Å². The summed E-state index contributed by atoms with van der Waals surface area (Å²) in [5, 5.41) is 0. The van der Waals surface area contributed by atoms with Crippen LogP contribution in [0.4, 0.5) is 0 Å². The Morgan fingerprint density at radius 2 is 1.11 bits per heavy atom. The van der Waals surface area contributed by atoms with Gasteiger partial charge in [0.2, 0.25) is 0 Å². The van der Waals surface area contributed by atoms with Crippen molar-refractivity contribution < 1.29 is 0 Å². The Balaban J connectivity index is 0. The molecule has 1 heterocycles. The first-order valence-electron chi connectivity index (χ1n) is 3.58. The third-order valence-corrected chi connectivity index (χ3v) is 1.27. The van der Waals surface area contributed by atoms with Crippen LogP contribution in [0.1, 0.15) is 27.7 Å². The van der Waals surface area contributed by atoms with Gasteiger partial charge in [-0.15, -0.1) is 8.19 Å². The van der Waals surface area contributed by atoms with Crippen molar-refractivity contribution in [1.82, 2.24) is 0 Å². The Hall–Kier alpha value is -0.220. The predicted octanol–water partition coefficient (Wildman–Crippen LogP) is 3.77. The van der Waals surface area contributed by atoms with Gasteiger partial charge in [0, 0.05) is 0 Å². The highest BCUT2D eigenvalue weighted by atomic mass is 31.0. The van der Waals surface area contributed by atoms with Crippen molar-refractivity contribution in [2.24, 2.45) is 0 Å². The van der Waals surface area contributed by atoms with Crippen LogP contribution in [-0.4, -0.2) is 0 Å². The fourth-order valence-electron chi connectivity index (χ4n) is 0.278. The molecular formula is C8H17P. The van der Waals surface area contributed by atoms with E-state index in [2.05, 4.69) is 23.7 Å². The molecule has 0 nitrogen and oxygen atoms in total. The van der Waals surface area contributed by atoms with Gasteiger partial charge in [-0.05, 0) is 11.6 Å². The average Bonchev–Trinajstić information content (AvgIpc) is 2.51. The Bertz CT molecular complexity index is 61.0. The minimum atomic E-state index is 0.948. The highest BCUT2D eigenvalue weighted by Gasteiger charge is 1.57. The van der Waals surface area contributed by atoms with Crippen LogP contribution in [0.2, 0.25) is 0 Å². The summed E-state index contributed by atoms with van der Waals surface area (Å²) >= 11 is 0. The summed E-state index contributed by atoms with van der Waals surface area (Å²) in [7, 11) is 0.948. The molecule has 1 aromatic rings. The summed E-state index contributed by atoms with van der Waals surface area (Å²) in [5.74, 6) is 4.31. The van der Waals surface area contributed by atoms with Crippen LogP contribution in [0.25, 0.3) is 0 Å². The molecule has 0 atom stereocenters. The molecule has 0 amide bonds. The van der Waals surface area contributed by atoms with Gasteiger partial charge in [-0.25, -0.2) is 0 Å². The molecule has 0 radical (unpaired) electrons. The van der Waals surface area contributed by atoms with Gasteiger partial charge >= 0.3 is 0 Å². The van der Waals surface area contributed by atoms with Gasteiger partial charge < -0.3 is 0 Å². The molecule has 1 heteroatoms. The van der Waals surface area contributed by atoms with Crippen LogP contribution >= 0.6 is 8.19 Å². The molecule has 0 unspecified atom stereocenters. The number of hydrogen-bond acceptors (Lipinski definition) is 0. The van der Waals surface area contributed by atoms with Crippen LogP contribution in [0.5, 0.6) is 0 Å². The predicted molar refractivity (Wildman–Crippen MR) is 48.6 cm³/mol. The van der Waals surface area contributed by atoms with Gasteiger partial charge in [0.25, 0.3) is 0 Å². The lowest BCUT2D eigenvalue weighted by atomic mass is 10.7. The Morgan fingerprint density at radius 3 is 1.22 bits per heavy atom. The Labute approximate surface area is 60.4 Å². The third-order valence-electron chi connectivity index (χ3n) is 0.496. The molecular weight excluding hydrogens is 127 g/mol. The maximum Gasteiger partial charge on any atom is -0.0454 e. The molecule has 0 aliphatic heterocycles. The van der Waals surface area contributed by atoms with Crippen molar-refractivity contribution >= 4 is 8.19 Å². The normalized spacial score (nSPS) is 5.78.